The highest BCUT2D eigenvalue weighted by Crippen LogP contribution is 2.38. The molecule has 3 aromatic rings. The molecular formula is C18H18N4OS2. The smallest absolute Gasteiger partial charge is 0.242 e. The van der Waals surface area contributed by atoms with Crippen LogP contribution in [0.2, 0.25) is 0 Å². The highest BCUT2D eigenvalue weighted by molar-refractivity contribution is 8.02. The number of nitrogen functional groups attached to an aromatic ring is 1. The molecule has 3 N–H and O–H groups in total. The van der Waals surface area contributed by atoms with Crippen molar-refractivity contribution in [1.82, 2.24) is 10.2 Å². The van der Waals surface area contributed by atoms with Gasteiger partial charge in [-0.15, -0.1) is 10.2 Å². The standard InChI is InChI=1S/C18H18N4OS2/c1-11-8-12(2)10-14(9-11)20-16(23)15(13-6-4-3-5-7-13)24-18-22-21-17(19)25-18/h3-10,15H,1-2H3,(H2,19,21)(H,20,23)/t15-/m1/s1. The fraction of sp³-hybridized carbons (Fsp3) is 0.167. The van der Waals surface area contributed by atoms with Gasteiger partial charge >= 0.3 is 0 Å². The summed E-state index contributed by atoms with van der Waals surface area (Å²) in [5, 5.41) is 10.8. The van der Waals surface area contributed by atoms with Crippen LogP contribution in [-0.2, 0) is 4.79 Å². The van der Waals surface area contributed by atoms with Crippen LogP contribution in [0.5, 0.6) is 0 Å². The van der Waals surface area contributed by atoms with E-state index in [1.54, 1.807) is 0 Å². The molecule has 0 radical (unpaired) electrons. The number of carbonyl (C=O) groups is 1. The number of amides is 1. The quantitative estimate of drug-likeness (QED) is 0.658. The number of nitrogens with one attached hydrogen (secondary N) is 1. The number of anilines is 2. The summed E-state index contributed by atoms with van der Waals surface area (Å²) in [4.78, 5) is 12.9. The lowest BCUT2D eigenvalue weighted by molar-refractivity contribution is -0.115. The van der Waals surface area contributed by atoms with E-state index in [-0.39, 0.29) is 5.91 Å². The average Bonchev–Trinajstić information content (AvgIpc) is 2.97. The molecule has 0 spiro atoms. The van der Waals surface area contributed by atoms with Gasteiger partial charge in [-0.05, 0) is 42.7 Å². The highest BCUT2D eigenvalue weighted by atomic mass is 32.2. The first-order valence-corrected chi connectivity index (χ1v) is 9.40. The first kappa shape index (κ1) is 17.4. The van der Waals surface area contributed by atoms with Crippen molar-refractivity contribution >= 4 is 39.8 Å². The second kappa shape index (κ2) is 7.67. The minimum atomic E-state index is -0.436. The maximum absolute atomic E-state index is 12.9. The number of hydrogen-bond acceptors (Lipinski definition) is 6. The van der Waals surface area contributed by atoms with Crippen molar-refractivity contribution in [3.05, 3.63) is 65.2 Å². The lowest BCUT2D eigenvalue weighted by Gasteiger charge is -2.16. The number of rotatable bonds is 5. The van der Waals surface area contributed by atoms with Gasteiger partial charge in [0.25, 0.3) is 0 Å². The Morgan fingerprint density at radius 1 is 1.12 bits per heavy atom. The van der Waals surface area contributed by atoms with Crippen LogP contribution in [0.1, 0.15) is 21.9 Å². The summed E-state index contributed by atoms with van der Waals surface area (Å²) < 4.78 is 0.668. The van der Waals surface area contributed by atoms with Gasteiger partial charge < -0.3 is 11.1 Å². The molecule has 1 aromatic heterocycles. The van der Waals surface area contributed by atoms with Crippen molar-refractivity contribution in [2.24, 2.45) is 0 Å². The van der Waals surface area contributed by atoms with Crippen molar-refractivity contribution in [3.63, 3.8) is 0 Å². The Morgan fingerprint density at radius 2 is 1.80 bits per heavy atom. The minimum Gasteiger partial charge on any atom is -0.374 e. The molecule has 7 heteroatoms. The van der Waals surface area contributed by atoms with Crippen LogP contribution >= 0.6 is 23.1 Å². The van der Waals surface area contributed by atoms with E-state index < -0.39 is 5.25 Å². The number of aromatic nitrogens is 2. The number of benzene rings is 2. The topological polar surface area (TPSA) is 80.9 Å². The molecule has 0 aliphatic carbocycles. The van der Waals surface area contributed by atoms with Gasteiger partial charge in [0.1, 0.15) is 5.25 Å². The second-order valence-corrected chi connectivity index (χ2v) is 8.04. The minimum absolute atomic E-state index is 0.102. The van der Waals surface area contributed by atoms with Crippen LogP contribution in [0.4, 0.5) is 10.8 Å². The molecule has 0 aliphatic rings. The van der Waals surface area contributed by atoms with E-state index in [0.29, 0.717) is 9.47 Å². The van der Waals surface area contributed by atoms with Gasteiger partial charge in [0.15, 0.2) is 4.34 Å². The van der Waals surface area contributed by atoms with E-state index in [9.17, 15) is 4.79 Å². The molecule has 0 unspecified atom stereocenters. The van der Waals surface area contributed by atoms with E-state index in [1.165, 1.54) is 23.1 Å². The SMILES string of the molecule is Cc1cc(C)cc(NC(=O)[C@H](Sc2nnc(N)s2)c2ccccc2)c1. The zero-order valence-electron chi connectivity index (χ0n) is 13.9. The fourth-order valence-corrected chi connectivity index (χ4v) is 4.35. The molecule has 128 valence electrons. The lowest BCUT2D eigenvalue weighted by atomic mass is 10.1. The number of carbonyl (C=O) groups excluding carboxylic acids is 1. The molecule has 1 heterocycles. The summed E-state index contributed by atoms with van der Waals surface area (Å²) in [5.41, 5.74) is 9.57. The maximum Gasteiger partial charge on any atom is 0.242 e. The third kappa shape index (κ3) is 4.58. The van der Waals surface area contributed by atoms with E-state index in [0.717, 1.165) is 22.4 Å². The van der Waals surface area contributed by atoms with Crippen molar-refractivity contribution in [3.8, 4) is 0 Å². The number of hydrogen-bond donors (Lipinski definition) is 2. The first-order valence-electron chi connectivity index (χ1n) is 7.71. The number of nitrogens with zero attached hydrogens (tertiary/aromatic N) is 2. The molecule has 0 saturated carbocycles. The Balaban J connectivity index is 1.86. The third-order valence-electron chi connectivity index (χ3n) is 3.47. The van der Waals surface area contributed by atoms with Crippen LogP contribution in [-0.4, -0.2) is 16.1 Å². The zero-order valence-corrected chi connectivity index (χ0v) is 15.5. The summed E-state index contributed by atoms with van der Waals surface area (Å²) in [5.74, 6) is -0.102. The Morgan fingerprint density at radius 3 is 2.40 bits per heavy atom. The summed E-state index contributed by atoms with van der Waals surface area (Å²) in [7, 11) is 0. The van der Waals surface area contributed by atoms with Crippen LogP contribution in [0, 0.1) is 13.8 Å². The number of nitrogens with two attached hydrogens (primary N) is 1. The summed E-state index contributed by atoms with van der Waals surface area (Å²) in [6.07, 6.45) is 0. The van der Waals surface area contributed by atoms with Gasteiger partial charge in [0.2, 0.25) is 11.0 Å². The zero-order chi connectivity index (χ0) is 17.8. The predicted octanol–water partition coefficient (Wildman–Crippen LogP) is 4.21. The normalized spacial score (nSPS) is 11.9. The molecule has 0 aliphatic heterocycles. The maximum atomic E-state index is 12.9. The molecule has 0 bridgehead atoms. The van der Waals surface area contributed by atoms with E-state index in [4.69, 9.17) is 5.73 Å². The van der Waals surface area contributed by atoms with Crippen LogP contribution in [0.25, 0.3) is 0 Å². The third-order valence-corrected chi connectivity index (χ3v) is 5.56. The predicted molar refractivity (Wildman–Crippen MR) is 104 cm³/mol. The number of thioether (sulfide) groups is 1. The van der Waals surface area contributed by atoms with Crippen molar-refractivity contribution < 1.29 is 4.79 Å². The van der Waals surface area contributed by atoms with Gasteiger partial charge in [0, 0.05) is 5.69 Å². The van der Waals surface area contributed by atoms with Crippen LogP contribution < -0.4 is 11.1 Å². The van der Waals surface area contributed by atoms with Crippen molar-refractivity contribution in [1.29, 1.82) is 0 Å². The monoisotopic (exact) mass is 370 g/mol. The van der Waals surface area contributed by atoms with E-state index in [1.807, 2.05) is 56.3 Å². The van der Waals surface area contributed by atoms with Crippen molar-refractivity contribution in [2.45, 2.75) is 23.4 Å². The first-order chi connectivity index (χ1) is 12.0. The lowest BCUT2D eigenvalue weighted by Crippen LogP contribution is -2.19. The molecule has 2 aromatic carbocycles. The van der Waals surface area contributed by atoms with Crippen LogP contribution in [0.15, 0.2) is 52.9 Å². The molecule has 1 atom stereocenters. The van der Waals surface area contributed by atoms with Crippen LogP contribution in [0.3, 0.4) is 0 Å². The molecule has 3 rings (SSSR count). The molecular weight excluding hydrogens is 352 g/mol. The molecule has 0 saturated heterocycles. The average molecular weight is 371 g/mol. The summed E-state index contributed by atoms with van der Waals surface area (Å²) >= 11 is 2.63. The highest BCUT2D eigenvalue weighted by Gasteiger charge is 2.24. The largest absolute Gasteiger partial charge is 0.374 e. The summed E-state index contributed by atoms with van der Waals surface area (Å²) in [6, 6.07) is 15.6. The van der Waals surface area contributed by atoms with E-state index in [2.05, 4.69) is 21.6 Å². The molecule has 25 heavy (non-hydrogen) atoms. The van der Waals surface area contributed by atoms with Gasteiger partial charge in [0.05, 0.1) is 0 Å². The second-order valence-electron chi connectivity index (χ2n) is 5.68. The molecule has 5 nitrogen and oxygen atoms in total. The van der Waals surface area contributed by atoms with Gasteiger partial charge in [-0.2, -0.15) is 0 Å². The molecule has 1 amide bonds. The Bertz CT molecular complexity index is 860. The van der Waals surface area contributed by atoms with Gasteiger partial charge in [-0.1, -0.05) is 59.5 Å². The van der Waals surface area contributed by atoms with Gasteiger partial charge in [-0.25, -0.2) is 0 Å². The Hall–Kier alpha value is -2.38. The van der Waals surface area contributed by atoms with Crippen molar-refractivity contribution in [2.75, 3.05) is 11.1 Å². The Labute approximate surface area is 154 Å². The fourth-order valence-electron chi connectivity index (χ4n) is 2.52. The molecule has 0 fully saturated rings. The van der Waals surface area contributed by atoms with E-state index >= 15 is 0 Å². The Kier molecular flexibility index (Phi) is 5.35. The van der Waals surface area contributed by atoms with Gasteiger partial charge in [-0.3, -0.25) is 4.79 Å². The number of aryl methyl sites for hydroxylation is 2. The summed E-state index contributed by atoms with van der Waals surface area (Å²) in [6.45, 7) is 4.02.